The molecule has 0 spiro atoms. The van der Waals surface area contributed by atoms with Gasteiger partial charge in [-0.25, -0.2) is 0 Å². The number of hydrogen-bond acceptors (Lipinski definition) is 3. The Balaban J connectivity index is 2.57. The van der Waals surface area contributed by atoms with Gasteiger partial charge in [-0.1, -0.05) is 12.1 Å². The normalized spacial score (nSPS) is 12.1. The van der Waals surface area contributed by atoms with Crippen molar-refractivity contribution in [3.63, 3.8) is 0 Å². The zero-order chi connectivity index (χ0) is 17.3. The largest absolute Gasteiger partial charge is 0.573 e. The smallest absolute Gasteiger partial charge is 0.496 e. The number of benzene rings is 1. The third-order valence-corrected chi connectivity index (χ3v) is 2.76. The molecule has 0 N–H and O–H groups in total. The summed E-state index contributed by atoms with van der Waals surface area (Å²) in [5, 5.41) is 0. The fraction of sp³-hybridized carbons (Fsp3) is 0.214. The van der Waals surface area contributed by atoms with Gasteiger partial charge in [0.25, 0.3) is 0 Å². The van der Waals surface area contributed by atoms with Crippen molar-refractivity contribution < 1.29 is 35.8 Å². The van der Waals surface area contributed by atoms with Gasteiger partial charge in [0, 0.05) is 11.8 Å². The van der Waals surface area contributed by atoms with E-state index in [-0.39, 0.29) is 5.56 Å². The Bertz CT molecular complexity index is 696. The Hall–Kier alpha value is -2.45. The van der Waals surface area contributed by atoms with E-state index in [1.54, 1.807) is 0 Å². The van der Waals surface area contributed by atoms with Crippen LogP contribution in [0.2, 0.25) is 0 Å². The van der Waals surface area contributed by atoms with Crippen LogP contribution in [-0.2, 0) is 6.18 Å². The molecule has 0 bridgehead atoms. The van der Waals surface area contributed by atoms with Crippen LogP contribution in [0, 0.1) is 0 Å². The highest BCUT2D eigenvalue weighted by Crippen LogP contribution is 2.42. The lowest BCUT2D eigenvalue weighted by Crippen LogP contribution is -2.17. The summed E-state index contributed by atoms with van der Waals surface area (Å²) in [7, 11) is 1.05. The molecule has 0 aliphatic rings. The number of rotatable bonds is 3. The van der Waals surface area contributed by atoms with Crippen LogP contribution in [0.4, 0.5) is 26.3 Å². The van der Waals surface area contributed by atoms with Crippen LogP contribution in [0.5, 0.6) is 11.5 Å². The van der Waals surface area contributed by atoms with E-state index in [0.29, 0.717) is 0 Å². The van der Waals surface area contributed by atoms with Crippen molar-refractivity contribution in [1.29, 1.82) is 0 Å². The number of methoxy groups -OCH3 is 1. The van der Waals surface area contributed by atoms with Crippen LogP contribution in [0.1, 0.15) is 5.56 Å². The van der Waals surface area contributed by atoms with E-state index in [4.69, 9.17) is 0 Å². The Morgan fingerprint density at radius 3 is 2.26 bits per heavy atom. The molecule has 0 aliphatic heterocycles. The molecule has 0 saturated carbocycles. The number of pyridine rings is 1. The van der Waals surface area contributed by atoms with Gasteiger partial charge in [0.15, 0.2) is 0 Å². The van der Waals surface area contributed by atoms with Crippen molar-refractivity contribution in [3.8, 4) is 22.8 Å². The number of aromatic nitrogens is 1. The highest BCUT2D eigenvalue weighted by molar-refractivity contribution is 5.68. The summed E-state index contributed by atoms with van der Waals surface area (Å²) in [6.07, 6.45) is -8.68. The van der Waals surface area contributed by atoms with Gasteiger partial charge in [-0.2, -0.15) is 13.2 Å². The molecular formula is C14H9F6NO2. The second kappa shape index (κ2) is 5.98. The van der Waals surface area contributed by atoms with E-state index in [0.717, 1.165) is 37.6 Å². The number of ether oxygens (including phenoxy) is 2. The average molecular weight is 337 g/mol. The third kappa shape index (κ3) is 4.05. The molecule has 2 rings (SSSR count). The van der Waals surface area contributed by atoms with Crippen LogP contribution in [0.3, 0.4) is 0 Å². The van der Waals surface area contributed by atoms with Gasteiger partial charge in [0.05, 0.1) is 12.8 Å². The third-order valence-electron chi connectivity index (χ3n) is 2.76. The standard InChI is InChI=1S/C14H9F6NO2/c1-22-10-5-6-21-12(11(10)13(15,16)17)8-3-2-4-9(7-8)23-14(18,19)20/h2-7H,1H3. The van der Waals surface area contributed by atoms with E-state index in [2.05, 4.69) is 14.5 Å². The Kier molecular flexibility index (Phi) is 4.39. The summed E-state index contributed by atoms with van der Waals surface area (Å²) in [6.45, 7) is 0. The first-order valence-corrected chi connectivity index (χ1v) is 6.08. The molecule has 1 aromatic carbocycles. The summed E-state index contributed by atoms with van der Waals surface area (Å²) in [6, 6.07) is 5.15. The van der Waals surface area contributed by atoms with Crippen molar-refractivity contribution in [2.75, 3.05) is 7.11 Å². The number of nitrogens with zero attached hydrogens (tertiary/aromatic N) is 1. The topological polar surface area (TPSA) is 31.4 Å². The minimum Gasteiger partial charge on any atom is -0.496 e. The second-order valence-electron chi connectivity index (χ2n) is 4.31. The summed E-state index contributed by atoms with van der Waals surface area (Å²) in [5.74, 6) is -1.13. The average Bonchev–Trinajstić information content (AvgIpc) is 2.44. The Morgan fingerprint density at radius 1 is 1.00 bits per heavy atom. The molecular weight excluding hydrogens is 328 g/mol. The first-order chi connectivity index (χ1) is 10.6. The number of halogens is 6. The molecule has 0 unspecified atom stereocenters. The van der Waals surface area contributed by atoms with Gasteiger partial charge in [-0.15, -0.1) is 13.2 Å². The quantitative estimate of drug-likeness (QED) is 0.763. The minimum atomic E-state index is -4.95. The van der Waals surface area contributed by atoms with Crippen LogP contribution in [0.15, 0.2) is 36.5 Å². The molecule has 0 fully saturated rings. The molecule has 0 aliphatic carbocycles. The van der Waals surface area contributed by atoms with Gasteiger partial charge >= 0.3 is 12.5 Å². The lowest BCUT2D eigenvalue weighted by Gasteiger charge is -2.16. The lowest BCUT2D eigenvalue weighted by atomic mass is 10.0. The molecule has 3 nitrogen and oxygen atoms in total. The predicted molar refractivity (Wildman–Crippen MR) is 67.9 cm³/mol. The summed E-state index contributed by atoms with van der Waals surface area (Å²) in [4.78, 5) is 3.62. The van der Waals surface area contributed by atoms with Crippen LogP contribution >= 0.6 is 0 Å². The number of alkyl halides is 6. The highest BCUT2D eigenvalue weighted by Gasteiger charge is 2.38. The van der Waals surface area contributed by atoms with Gasteiger partial charge in [-0.05, 0) is 18.2 Å². The first kappa shape index (κ1) is 16.9. The maximum Gasteiger partial charge on any atom is 0.573 e. The summed E-state index contributed by atoms with van der Waals surface area (Å²) >= 11 is 0. The first-order valence-electron chi connectivity index (χ1n) is 6.08. The highest BCUT2D eigenvalue weighted by atomic mass is 19.4. The van der Waals surface area contributed by atoms with Crippen LogP contribution < -0.4 is 9.47 Å². The monoisotopic (exact) mass is 337 g/mol. The molecule has 9 heteroatoms. The Morgan fingerprint density at radius 2 is 1.70 bits per heavy atom. The van der Waals surface area contributed by atoms with E-state index < -0.39 is 35.3 Å². The molecule has 124 valence electrons. The minimum absolute atomic E-state index is 0.182. The fourth-order valence-electron chi connectivity index (χ4n) is 1.95. The van der Waals surface area contributed by atoms with Crippen molar-refractivity contribution in [2.45, 2.75) is 12.5 Å². The Labute approximate surface area is 126 Å². The van der Waals surface area contributed by atoms with Gasteiger partial charge in [0.1, 0.15) is 17.1 Å². The SMILES string of the molecule is COc1ccnc(-c2cccc(OC(F)(F)F)c2)c1C(F)(F)F. The lowest BCUT2D eigenvalue weighted by molar-refractivity contribution is -0.274. The van der Waals surface area contributed by atoms with Gasteiger partial charge in [-0.3, -0.25) is 4.98 Å². The van der Waals surface area contributed by atoms with Crippen molar-refractivity contribution in [2.24, 2.45) is 0 Å². The van der Waals surface area contributed by atoms with Crippen molar-refractivity contribution in [1.82, 2.24) is 4.98 Å². The predicted octanol–water partition coefficient (Wildman–Crippen LogP) is 4.67. The summed E-state index contributed by atoms with van der Waals surface area (Å²) < 4.78 is 84.7. The molecule has 2 aromatic rings. The maximum absolute atomic E-state index is 13.2. The van der Waals surface area contributed by atoms with E-state index >= 15 is 0 Å². The van der Waals surface area contributed by atoms with Crippen molar-refractivity contribution >= 4 is 0 Å². The molecule has 0 saturated heterocycles. The molecule has 0 amide bonds. The van der Waals surface area contributed by atoms with E-state index in [1.807, 2.05) is 0 Å². The molecule has 23 heavy (non-hydrogen) atoms. The van der Waals surface area contributed by atoms with Crippen LogP contribution in [-0.4, -0.2) is 18.5 Å². The van der Waals surface area contributed by atoms with Gasteiger partial charge in [0.2, 0.25) is 0 Å². The van der Waals surface area contributed by atoms with Gasteiger partial charge < -0.3 is 9.47 Å². The molecule has 1 aromatic heterocycles. The van der Waals surface area contributed by atoms with E-state index in [9.17, 15) is 26.3 Å². The molecule has 0 atom stereocenters. The number of hydrogen-bond donors (Lipinski definition) is 0. The maximum atomic E-state index is 13.2. The fourth-order valence-corrected chi connectivity index (χ4v) is 1.95. The second-order valence-corrected chi connectivity index (χ2v) is 4.31. The van der Waals surface area contributed by atoms with Crippen molar-refractivity contribution in [3.05, 3.63) is 42.1 Å². The van der Waals surface area contributed by atoms with E-state index in [1.165, 1.54) is 6.07 Å². The van der Waals surface area contributed by atoms with Crippen LogP contribution in [0.25, 0.3) is 11.3 Å². The zero-order valence-corrected chi connectivity index (χ0v) is 11.5. The molecule has 1 heterocycles. The molecule has 0 radical (unpaired) electrons. The summed E-state index contributed by atoms with van der Waals surface area (Å²) in [5.41, 5.74) is -1.91. The zero-order valence-electron chi connectivity index (χ0n) is 11.5.